The third-order valence-corrected chi connectivity index (χ3v) is 3.53. The maximum absolute atomic E-state index is 11.6. The van der Waals surface area contributed by atoms with E-state index in [0.717, 1.165) is 35.2 Å². The van der Waals surface area contributed by atoms with Gasteiger partial charge in [-0.25, -0.2) is 9.97 Å². The van der Waals surface area contributed by atoms with Crippen LogP contribution in [0.1, 0.15) is 18.5 Å². The number of nitrogens with zero attached hydrogens (tertiary/aromatic N) is 2. The molecule has 1 saturated carbocycles. The lowest BCUT2D eigenvalue weighted by molar-refractivity contribution is -0.122. The highest BCUT2D eigenvalue weighted by molar-refractivity contribution is 5.83. The predicted octanol–water partition coefficient (Wildman–Crippen LogP) is 1.71. The van der Waals surface area contributed by atoms with E-state index >= 15 is 0 Å². The molecule has 1 aliphatic carbocycles. The van der Waals surface area contributed by atoms with Gasteiger partial charge in [0.15, 0.2) is 0 Å². The Morgan fingerprint density at radius 3 is 3.00 bits per heavy atom. The van der Waals surface area contributed by atoms with Crippen molar-refractivity contribution in [2.24, 2.45) is 5.92 Å². The molecule has 5 heteroatoms. The largest absolute Gasteiger partial charge is 0.497 e. The Kier molecular flexibility index (Phi) is 3.50. The summed E-state index contributed by atoms with van der Waals surface area (Å²) in [7, 11) is 1.64. The molecule has 0 radical (unpaired) electrons. The summed E-state index contributed by atoms with van der Waals surface area (Å²) in [5.74, 6) is 1.20. The Hall–Kier alpha value is -2.17. The molecule has 0 unspecified atom stereocenters. The van der Waals surface area contributed by atoms with Crippen LogP contribution in [0.2, 0.25) is 0 Å². The summed E-state index contributed by atoms with van der Waals surface area (Å²) in [6.07, 6.45) is 4.32. The summed E-state index contributed by atoms with van der Waals surface area (Å²) >= 11 is 0. The van der Waals surface area contributed by atoms with E-state index in [2.05, 4.69) is 15.3 Å². The smallest absolute Gasteiger partial charge is 0.223 e. The Bertz CT molecular complexity index is 638. The number of hydrogen-bond acceptors (Lipinski definition) is 4. The molecule has 20 heavy (non-hydrogen) atoms. The molecule has 0 bridgehead atoms. The van der Waals surface area contributed by atoms with E-state index in [4.69, 9.17) is 4.74 Å². The second-order valence-electron chi connectivity index (χ2n) is 5.02. The van der Waals surface area contributed by atoms with Crippen LogP contribution in [0.15, 0.2) is 24.5 Å². The predicted molar refractivity (Wildman–Crippen MR) is 75.5 cm³/mol. The van der Waals surface area contributed by atoms with Gasteiger partial charge in [-0.15, -0.1) is 0 Å². The van der Waals surface area contributed by atoms with E-state index in [-0.39, 0.29) is 11.8 Å². The van der Waals surface area contributed by atoms with Crippen LogP contribution in [0.3, 0.4) is 0 Å². The van der Waals surface area contributed by atoms with Crippen molar-refractivity contribution in [1.82, 2.24) is 15.3 Å². The second kappa shape index (κ2) is 5.45. The first-order valence-corrected chi connectivity index (χ1v) is 6.83. The fourth-order valence-electron chi connectivity index (χ4n) is 2.21. The first-order chi connectivity index (χ1) is 9.78. The van der Waals surface area contributed by atoms with Crippen molar-refractivity contribution < 1.29 is 9.53 Å². The van der Waals surface area contributed by atoms with Crippen LogP contribution in [0, 0.1) is 5.92 Å². The summed E-state index contributed by atoms with van der Waals surface area (Å²) in [6, 6.07) is 5.74. The van der Waals surface area contributed by atoms with Gasteiger partial charge in [0, 0.05) is 24.3 Å². The van der Waals surface area contributed by atoms with Gasteiger partial charge in [-0.05, 0) is 31.0 Å². The van der Waals surface area contributed by atoms with Gasteiger partial charge in [0.05, 0.1) is 18.3 Å². The first kappa shape index (κ1) is 12.8. The zero-order chi connectivity index (χ0) is 13.9. The fraction of sp³-hybridized carbons (Fsp3) is 0.400. The van der Waals surface area contributed by atoms with E-state index in [1.807, 2.05) is 18.2 Å². The third kappa shape index (κ3) is 2.71. The minimum Gasteiger partial charge on any atom is -0.497 e. The number of ether oxygens (including phenoxy) is 1. The van der Waals surface area contributed by atoms with Crippen molar-refractivity contribution in [3.05, 3.63) is 30.2 Å². The number of methoxy groups -OCH3 is 1. The SMILES string of the molecule is COc1ccc2ncnc(CCNC(=O)C3CC3)c2c1. The summed E-state index contributed by atoms with van der Waals surface area (Å²) in [5, 5.41) is 3.93. The van der Waals surface area contributed by atoms with Crippen LogP contribution in [0.5, 0.6) is 5.75 Å². The van der Waals surface area contributed by atoms with Crippen LogP contribution >= 0.6 is 0 Å². The summed E-state index contributed by atoms with van der Waals surface area (Å²) in [5.41, 5.74) is 1.83. The van der Waals surface area contributed by atoms with Gasteiger partial charge < -0.3 is 10.1 Å². The van der Waals surface area contributed by atoms with E-state index < -0.39 is 0 Å². The Balaban J connectivity index is 1.74. The molecule has 2 aromatic rings. The molecule has 3 rings (SSSR count). The molecule has 1 amide bonds. The summed E-state index contributed by atoms with van der Waals surface area (Å²) in [6.45, 7) is 0.610. The van der Waals surface area contributed by atoms with Gasteiger partial charge >= 0.3 is 0 Å². The summed E-state index contributed by atoms with van der Waals surface area (Å²) in [4.78, 5) is 20.2. The van der Waals surface area contributed by atoms with Gasteiger partial charge in [-0.1, -0.05) is 0 Å². The van der Waals surface area contributed by atoms with Gasteiger partial charge in [0.25, 0.3) is 0 Å². The monoisotopic (exact) mass is 271 g/mol. The lowest BCUT2D eigenvalue weighted by Crippen LogP contribution is -2.27. The molecule has 104 valence electrons. The molecule has 1 heterocycles. The zero-order valence-electron chi connectivity index (χ0n) is 11.4. The minimum absolute atomic E-state index is 0.168. The van der Waals surface area contributed by atoms with Crippen LogP contribution in [0.4, 0.5) is 0 Å². The normalized spacial score (nSPS) is 14.2. The molecule has 1 aromatic heterocycles. The number of nitrogens with one attached hydrogen (secondary N) is 1. The van der Waals surface area contributed by atoms with E-state index in [1.165, 1.54) is 0 Å². The van der Waals surface area contributed by atoms with Crippen LogP contribution in [-0.2, 0) is 11.2 Å². The third-order valence-electron chi connectivity index (χ3n) is 3.53. The van der Waals surface area contributed by atoms with Gasteiger partial charge in [0.2, 0.25) is 5.91 Å². The lowest BCUT2D eigenvalue weighted by atomic mass is 10.1. The maximum atomic E-state index is 11.6. The van der Waals surface area contributed by atoms with E-state index in [9.17, 15) is 4.79 Å². The van der Waals surface area contributed by atoms with Crippen molar-refractivity contribution in [2.75, 3.05) is 13.7 Å². The van der Waals surface area contributed by atoms with Crippen molar-refractivity contribution >= 4 is 16.8 Å². The maximum Gasteiger partial charge on any atom is 0.223 e. The number of carbonyl (C=O) groups is 1. The molecule has 5 nitrogen and oxygen atoms in total. The van der Waals surface area contributed by atoms with Crippen molar-refractivity contribution in [2.45, 2.75) is 19.3 Å². The van der Waals surface area contributed by atoms with Gasteiger partial charge in [-0.3, -0.25) is 4.79 Å². The molecule has 0 aliphatic heterocycles. The van der Waals surface area contributed by atoms with Crippen LogP contribution in [-0.4, -0.2) is 29.5 Å². The Morgan fingerprint density at radius 2 is 2.25 bits per heavy atom. The highest BCUT2D eigenvalue weighted by Gasteiger charge is 2.29. The number of rotatable bonds is 5. The van der Waals surface area contributed by atoms with E-state index in [1.54, 1.807) is 13.4 Å². The van der Waals surface area contributed by atoms with E-state index in [0.29, 0.717) is 13.0 Å². The van der Waals surface area contributed by atoms with Gasteiger partial charge in [0.1, 0.15) is 12.1 Å². The highest BCUT2D eigenvalue weighted by atomic mass is 16.5. The number of carbonyl (C=O) groups excluding carboxylic acids is 1. The molecule has 1 aliphatic rings. The number of fused-ring (bicyclic) bond motifs is 1. The second-order valence-corrected chi connectivity index (χ2v) is 5.02. The highest BCUT2D eigenvalue weighted by Crippen LogP contribution is 2.28. The average molecular weight is 271 g/mol. The quantitative estimate of drug-likeness (QED) is 0.899. The topological polar surface area (TPSA) is 64.1 Å². The van der Waals surface area contributed by atoms with Crippen molar-refractivity contribution in [3.8, 4) is 5.75 Å². The minimum atomic E-state index is 0.168. The first-order valence-electron chi connectivity index (χ1n) is 6.83. The molecule has 1 N–H and O–H groups in total. The molecule has 0 atom stereocenters. The zero-order valence-corrected chi connectivity index (χ0v) is 11.4. The Morgan fingerprint density at radius 1 is 1.40 bits per heavy atom. The standard InChI is InChI=1S/C15H17N3O2/c1-20-11-4-5-13-12(8-11)14(18-9-17-13)6-7-16-15(19)10-2-3-10/h4-5,8-10H,2-3,6-7H2,1H3,(H,16,19). The number of benzene rings is 1. The van der Waals surface area contributed by atoms with Crippen LogP contribution in [0.25, 0.3) is 10.9 Å². The molecule has 1 aromatic carbocycles. The van der Waals surface area contributed by atoms with Crippen molar-refractivity contribution in [1.29, 1.82) is 0 Å². The molecular formula is C15H17N3O2. The lowest BCUT2D eigenvalue weighted by Gasteiger charge is -2.08. The Labute approximate surface area is 117 Å². The molecule has 1 fully saturated rings. The summed E-state index contributed by atoms with van der Waals surface area (Å²) < 4.78 is 5.23. The van der Waals surface area contributed by atoms with Crippen LogP contribution < -0.4 is 10.1 Å². The number of hydrogen-bond donors (Lipinski definition) is 1. The fourth-order valence-corrected chi connectivity index (χ4v) is 2.21. The number of aromatic nitrogens is 2. The molecule has 0 saturated heterocycles. The van der Waals surface area contributed by atoms with Gasteiger partial charge in [-0.2, -0.15) is 0 Å². The average Bonchev–Trinajstić information content (AvgIpc) is 3.31. The number of amides is 1. The molecule has 0 spiro atoms. The molecular weight excluding hydrogens is 254 g/mol. The van der Waals surface area contributed by atoms with Crippen molar-refractivity contribution in [3.63, 3.8) is 0 Å².